The SMILES string of the molecule is CC/C(=C1/N=CC=CN1)C(C)C. The number of nitrogens with zero attached hydrogens (tertiary/aromatic N) is 1. The highest BCUT2D eigenvalue weighted by atomic mass is 15.0. The molecule has 2 nitrogen and oxygen atoms in total. The molecule has 0 saturated heterocycles. The molecule has 0 aliphatic carbocycles. The summed E-state index contributed by atoms with van der Waals surface area (Å²) in [6.45, 7) is 6.56. The summed E-state index contributed by atoms with van der Waals surface area (Å²) in [5, 5.41) is 3.15. The van der Waals surface area contributed by atoms with Gasteiger partial charge in [0.05, 0.1) is 0 Å². The highest BCUT2D eigenvalue weighted by Crippen LogP contribution is 2.18. The van der Waals surface area contributed by atoms with Crippen LogP contribution in [0.25, 0.3) is 0 Å². The first-order valence-corrected chi connectivity index (χ1v) is 4.44. The van der Waals surface area contributed by atoms with Crippen molar-refractivity contribution in [2.45, 2.75) is 27.2 Å². The third kappa shape index (κ3) is 1.97. The number of aliphatic imine (C=N–C) groups is 1. The van der Waals surface area contributed by atoms with Crippen molar-refractivity contribution in [1.29, 1.82) is 0 Å². The molecule has 0 bridgehead atoms. The Hall–Kier alpha value is -1.05. The second-order valence-electron chi connectivity index (χ2n) is 3.16. The van der Waals surface area contributed by atoms with E-state index in [1.54, 1.807) is 0 Å². The van der Waals surface area contributed by atoms with Crippen molar-refractivity contribution in [3.63, 3.8) is 0 Å². The van der Waals surface area contributed by atoms with Crippen molar-refractivity contribution in [3.8, 4) is 0 Å². The van der Waals surface area contributed by atoms with Crippen molar-refractivity contribution >= 4 is 6.21 Å². The summed E-state index contributed by atoms with van der Waals surface area (Å²) in [5.41, 5.74) is 1.38. The zero-order valence-corrected chi connectivity index (χ0v) is 7.96. The van der Waals surface area contributed by atoms with Crippen LogP contribution in [0.1, 0.15) is 27.2 Å². The van der Waals surface area contributed by atoms with Crippen molar-refractivity contribution < 1.29 is 0 Å². The van der Waals surface area contributed by atoms with Crippen LogP contribution >= 0.6 is 0 Å². The summed E-state index contributed by atoms with van der Waals surface area (Å²) in [7, 11) is 0. The van der Waals surface area contributed by atoms with Crippen molar-refractivity contribution in [3.05, 3.63) is 23.7 Å². The molecular formula is C10H16N2. The van der Waals surface area contributed by atoms with Gasteiger partial charge in [0, 0.05) is 12.4 Å². The lowest BCUT2D eigenvalue weighted by Gasteiger charge is -2.14. The lowest BCUT2D eigenvalue weighted by atomic mass is 10.0. The van der Waals surface area contributed by atoms with E-state index < -0.39 is 0 Å². The van der Waals surface area contributed by atoms with Crippen LogP contribution in [0.3, 0.4) is 0 Å². The van der Waals surface area contributed by atoms with Gasteiger partial charge in [-0.25, -0.2) is 4.99 Å². The van der Waals surface area contributed by atoms with Gasteiger partial charge in [-0.2, -0.15) is 0 Å². The fraction of sp³-hybridized carbons (Fsp3) is 0.500. The van der Waals surface area contributed by atoms with Gasteiger partial charge in [0.25, 0.3) is 0 Å². The molecule has 1 aliphatic rings. The first-order chi connectivity index (χ1) is 5.75. The minimum Gasteiger partial charge on any atom is -0.347 e. The Morgan fingerprint density at radius 2 is 2.33 bits per heavy atom. The third-order valence-corrected chi connectivity index (χ3v) is 1.99. The molecule has 1 aliphatic heterocycles. The minimum absolute atomic E-state index is 0.571. The molecule has 0 spiro atoms. The van der Waals surface area contributed by atoms with Gasteiger partial charge in [0.15, 0.2) is 0 Å². The number of rotatable bonds is 2. The molecule has 0 fully saturated rings. The Morgan fingerprint density at radius 3 is 2.75 bits per heavy atom. The summed E-state index contributed by atoms with van der Waals surface area (Å²) in [4.78, 5) is 4.28. The first kappa shape index (κ1) is 9.04. The Balaban J connectivity index is 2.85. The van der Waals surface area contributed by atoms with Crippen LogP contribution in [-0.2, 0) is 0 Å². The lowest BCUT2D eigenvalue weighted by molar-refractivity contribution is 0.703. The largest absolute Gasteiger partial charge is 0.347 e. The van der Waals surface area contributed by atoms with Crippen LogP contribution in [0.4, 0.5) is 0 Å². The van der Waals surface area contributed by atoms with Crippen LogP contribution in [0, 0.1) is 5.92 Å². The standard InChI is InChI=1S/C10H16N2/c1-4-9(8(2)3)10-11-6-5-7-12-10/h5-8,11H,4H2,1-3H3/b10-9-. The van der Waals surface area contributed by atoms with Crippen molar-refractivity contribution in [2.75, 3.05) is 0 Å². The first-order valence-electron chi connectivity index (χ1n) is 4.44. The van der Waals surface area contributed by atoms with Crippen LogP contribution in [0.15, 0.2) is 28.7 Å². The van der Waals surface area contributed by atoms with Gasteiger partial charge in [-0.1, -0.05) is 20.8 Å². The summed E-state index contributed by atoms with van der Waals surface area (Å²) in [5.74, 6) is 1.59. The Labute approximate surface area is 74.1 Å². The van der Waals surface area contributed by atoms with E-state index in [9.17, 15) is 0 Å². The van der Waals surface area contributed by atoms with Gasteiger partial charge < -0.3 is 5.32 Å². The fourth-order valence-electron chi connectivity index (χ4n) is 1.35. The predicted octanol–water partition coefficient (Wildman–Crippen LogP) is 2.45. The summed E-state index contributed by atoms with van der Waals surface area (Å²) in [6, 6.07) is 0. The average Bonchev–Trinajstić information content (AvgIpc) is 2.07. The fourth-order valence-corrected chi connectivity index (χ4v) is 1.35. The third-order valence-electron chi connectivity index (χ3n) is 1.99. The second kappa shape index (κ2) is 4.10. The molecule has 0 radical (unpaired) electrons. The van der Waals surface area contributed by atoms with E-state index >= 15 is 0 Å². The van der Waals surface area contributed by atoms with Crippen LogP contribution < -0.4 is 5.32 Å². The monoisotopic (exact) mass is 164 g/mol. The highest BCUT2D eigenvalue weighted by molar-refractivity contribution is 5.73. The maximum atomic E-state index is 4.28. The van der Waals surface area contributed by atoms with E-state index in [0.29, 0.717) is 5.92 Å². The number of nitrogens with one attached hydrogen (secondary N) is 1. The molecule has 1 rings (SSSR count). The topological polar surface area (TPSA) is 24.4 Å². The molecule has 0 aromatic rings. The summed E-state index contributed by atoms with van der Waals surface area (Å²) in [6.07, 6.45) is 6.70. The Morgan fingerprint density at radius 1 is 1.58 bits per heavy atom. The van der Waals surface area contributed by atoms with Crippen molar-refractivity contribution in [1.82, 2.24) is 5.32 Å². The van der Waals surface area contributed by atoms with Gasteiger partial charge >= 0.3 is 0 Å². The van der Waals surface area contributed by atoms with E-state index in [2.05, 4.69) is 31.1 Å². The van der Waals surface area contributed by atoms with Crippen molar-refractivity contribution in [2.24, 2.45) is 10.9 Å². The molecule has 1 N–H and O–H groups in total. The second-order valence-corrected chi connectivity index (χ2v) is 3.16. The van der Waals surface area contributed by atoms with E-state index in [4.69, 9.17) is 0 Å². The van der Waals surface area contributed by atoms with Gasteiger partial charge in [-0.15, -0.1) is 0 Å². The molecule has 12 heavy (non-hydrogen) atoms. The Kier molecular flexibility index (Phi) is 3.09. The maximum absolute atomic E-state index is 4.28. The molecule has 1 heterocycles. The summed E-state index contributed by atoms with van der Waals surface area (Å²) >= 11 is 0. The molecule has 0 aromatic heterocycles. The average molecular weight is 164 g/mol. The molecule has 0 amide bonds. The van der Waals surface area contributed by atoms with Crippen LogP contribution in [0.5, 0.6) is 0 Å². The molecule has 0 saturated carbocycles. The lowest BCUT2D eigenvalue weighted by Crippen LogP contribution is -2.12. The summed E-state index contributed by atoms with van der Waals surface area (Å²) < 4.78 is 0. The highest BCUT2D eigenvalue weighted by Gasteiger charge is 2.07. The number of hydrogen-bond acceptors (Lipinski definition) is 2. The van der Waals surface area contributed by atoms with E-state index in [0.717, 1.165) is 12.2 Å². The zero-order chi connectivity index (χ0) is 8.97. The molecule has 0 atom stereocenters. The Bertz CT molecular complexity index is 234. The van der Waals surface area contributed by atoms with E-state index in [1.807, 2.05) is 18.5 Å². The molecule has 66 valence electrons. The number of hydrogen-bond donors (Lipinski definition) is 1. The quantitative estimate of drug-likeness (QED) is 0.666. The molecule has 0 aromatic carbocycles. The maximum Gasteiger partial charge on any atom is 0.129 e. The number of allylic oxidation sites excluding steroid dienone is 2. The molecule has 0 unspecified atom stereocenters. The van der Waals surface area contributed by atoms with Crippen LogP contribution in [0.2, 0.25) is 0 Å². The van der Waals surface area contributed by atoms with Gasteiger partial charge in [-0.3, -0.25) is 0 Å². The van der Waals surface area contributed by atoms with Gasteiger partial charge in [0.2, 0.25) is 0 Å². The molecular weight excluding hydrogens is 148 g/mol. The normalized spacial score (nSPS) is 19.7. The van der Waals surface area contributed by atoms with E-state index in [-0.39, 0.29) is 0 Å². The predicted molar refractivity (Wildman–Crippen MR) is 52.9 cm³/mol. The molecule has 2 heteroatoms. The smallest absolute Gasteiger partial charge is 0.129 e. The van der Waals surface area contributed by atoms with Crippen LogP contribution in [-0.4, -0.2) is 6.21 Å². The van der Waals surface area contributed by atoms with Gasteiger partial charge in [0.1, 0.15) is 5.82 Å². The van der Waals surface area contributed by atoms with E-state index in [1.165, 1.54) is 5.57 Å². The zero-order valence-electron chi connectivity index (χ0n) is 7.96. The minimum atomic E-state index is 0.571. The van der Waals surface area contributed by atoms with Gasteiger partial charge in [-0.05, 0) is 24.0 Å².